The zero-order valence-corrected chi connectivity index (χ0v) is 18.3. The standard InChI is InChI=1S/C23H28N6O2/c1-23(2,3)25-17-9-10-29(14-17)21-8-7-19(26-27-21)18-6-5-15(11-20(18)30)16-12-22(31-4)28-24-13-16/h5-8,11-13,17,25,30H,9-10,14H2,1-4H3/t17-/m1/s1. The second-order valence-electron chi connectivity index (χ2n) is 8.82. The third kappa shape index (κ3) is 4.91. The lowest BCUT2D eigenvalue weighted by Gasteiger charge is -2.26. The van der Waals surface area contributed by atoms with Crippen LogP contribution in [-0.2, 0) is 0 Å². The Morgan fingerprint density at radius 3 is 2.58 bits per heavy atom. The molecule has 3 aromatic rings. The summed E-state index contributed by atoms with van der Waals surface area (Å²) in [5.74, 6) is 1.41. The minimum Gasteiger partial charge on any atom is -0.507 e. The second-order valence-corrected chi connectivity index (χ2v) is 8.82. The van der Waals surface area contributed by atoms with E-state index in [0.717, 1.165) is 36.5 Å². The van der Waals surface area contributed by atoms with E-state index in [0.29, 0.717) is 23.2 Å². The van der Waals surface area contributed by atoms with E-state index in [1.165, 1.54) is 0 Å². The molecule has 0 radical (unpaired) electrons. The minimum atomic E-state index is 0.0946. The van der Waals surface area contributed by atoms with Gasteiger partial charge in [0, 0.05) is 41.9 Å². The molecular formula is C23H28N6O2. The fraction of sp³-hybridized carbons (Fsp3) is 0.391. The van der Waals surface area contributed by atoms with Crippen LogP contribution in [-0.4, -0.2) is 57.3 Å². The number of aromatic hydroxyl groups is 1. The molecule has 1 aromatic carbocycles. The van der Waals surface area contributed by atoms with E-state index in [1.54, 1.807) is 25.4 Å². The molecule has 3 heterocycles. The van der Waals surface area contributed by atoms with Crippen LogP contribution >= 0.6 is 0 Å². The molecular weight excluding hydrogens is 392 g/mol. The summed E-state index contributed by atoms with van der Waals surface area (Å²) in [4.78, 5) is 2.24. The van der Waals surface area contributed by atoms with E-state index in [1.807, 2.05) is 24.3 Å². The monoisotopic (exact) mass is 420 g/mol. The van der Waals surface area contributed by atoms with Gasteiger partial charge in [0.05, 0.1) is 19.0 Å². The quantitative estimate of drug-likeness (QED) is 0.649. The molecule has 1 aliphatic rings. The van der Waals surface area contributed by atoms with Gasteiger partial charge in [-0.05, 0) is 57.0 Å². The van der Waals surface area contributed by atoms with Gasteiger partial charge in [-0.1, -0.05) is 6.07 Å². The summed E-state index contributed by atoms with van der Waals surface area (Å²) in [6.07, 6.45) is 2.71. The number of phenolic OH excluding ortho intramolecular Hbond substituents is 1. The molecule has 4 rings (SSSR count). The Kier molecular flexibility index (Phi) is 5.73. The smallest absolute Gasteiger partial charge is 0.233 e. The topological polar surface area (TPSA) is 96.3 Å². The van der Waals surface area contributed by atoms with Crippen molar-refractivity contribution < 1.29 is 9.84 Å². The number of hydrogen-bond acceptors (Lipinski definition) is 8. The number of anilines is 1. The Labute approximate surface area is 182 Å². The highest BCUT2D eigenvalue weighted by Gasteiger charge is 2.26. The number of nitrogens with zero attached hydrogens (tertiary/aromatic N) is 5. The van der Waals surface area contributed by atoms with Crippen molar-refractivity contribution in [2.75, 3.05) is 25.1 Å². The van der Waals surface area contributed by atoms with Crippen molar-refractivity contribution >= 4 is 5.82 Å². The maximum absolute atomic E-state index is 10.6. The van der Waals surface area contributed by atoms with Crippen molar-refractivity contribution in [3.05, 3.63) is 42.6 Å². The number of methoxy groups -OCH3 is 1. The fourth-order valence-corrected chi connectivity index (χ4v) is 3.87. The Bertz CT molecular complexity index is 1050. The van der Waals surface area contributed by atoms with Gasteiger partial charge in [0.25, 0.3) is 0 Å². The van der Waals surface area contributed by atoms with E-state index < -0.39 is 0 Å². The first-order valence-electron chi connectivity index (χ1n) is 10.4. The number of rotatable bonds is 5. The van der Waals surface area contributed by atoms with Crippen LogP contribution in [0.4, 0.5) is 5.82 Å². The van der Waals surface area contributed by atoms with E-state index in [9.17, 15) is 5.11 Å². The van der Waals surface area contributed by atoms with Gasteiger partial charge in [0.1, 0.15) is 5.75 Å². The van der Waals surface area contributed by atoms with Crippen molar-refractivity contribution in [1.29, 1.82) is 0 Å². The SMILES string of the molecule is COc1cc(-c2ccc(-c3ccc(N4CC[C@@H](NC(C)(C)C)C4)nn3)c(O)c2)cnn1. The third-order valence-electron chi connectivity index (χ3n) is 5.25. The minimum absolute atomic E-state index is 0.0946. The molecule has 8 nitrogen and oxygen atoms in total. The molecule has 1 saturated heterocycles. The van der Waals surface area contributed by atoms with Crippen LogP contribution < -0.4 is 15.0 Å². The van der Waals surface area contributed by atoms with Crippen molar-refractivity contribution in [3.8, 4) is 34.0 Å². The summed E-state index contributed by atoms with van der Waals surface area (Å²) in [5.41, 5.74) is 2.97. The number of nitrogens with one attached hydrogen (secondary N) is 1. The maximum atomic E-state index is 10.6. The number of aromatic nitrogens is 4. The highest BCUT2D eigenvalue weighted by Crippen LogP contribution is 2.33. The highest BCUT2D eigenvalue weighted by molar-refractivity contribution is 5.74. The first-order valence-corrected chi connectivity index (χ1v) is 10.4. The van der Waals surface area contributed by atoms with Crippen molar-refractivity contribution in [1.82, 2.24) is 25.7 Å². The number of phenols is 1. The van der Waals surface area contributed by atoms with Gasteiger partial charge in [-0.3, -0.25) is 0 Å². The number of hydrogen-bond donors (Lipinski definition) is 2. The second kappa shape index (κ2) is 8.47. The average molecular weight is 421 g/mol. The average Bonchev–Trinajstić information content (AvgIpc) is 3.20. The summed E-state index contributed by atoms with van der Waals surface area (Å²) in [5, 5.41) is 30.8. The lowest BCUT2D eigenvalue weighted by Crippen LogP contribution is -2.45. The zero-order chi connectivity index (χ0) is 22.0. The first kappa shape index (κ1) is 21.0. The predicted octanol–water partition coefficient (Wildman–Crippen LogP) is 3.28. The van der Waals surface area contributed by atoms with Crippen LogP contribution in [0.1, 0.15) is 27.2 Å². The molecule has 1 aliphatic heterocycles. The maximum Gasteiger partial charge on any atom is 0.233 e. The van der Waals surface area contributed by atoms with Crippen molar-refractivity contribution in [2.45, 2.75) is 38.8 Å². The van der Waals surface area contributed by atoms with Gasteiger partial charge in [-0.15, -0.1) is 15.3 Å². The van der Waals surface area contributed by atoms with Crippen LogP contribution in [0.5, 0.6) is 11.6 Å². The van der Waals surface area contributed by atoms with Crippen LogP contribution in [0.15, 0.2) is 42.6 Å². The molecule has 8 heteroatoms. The Hall–Kier alpha value is -3.26. The van der Waals surface area contributed by atoms with Crippen molar-refractivity contribution in [2.24, 2.45) is 0 Å². The molecule has 1 atom stereocenters. The van der Waals surface area contributed by atoms with E-state index in [4.69, 9.17) is 4.74 Å². The Morgan fingerprint density at radius 2 is 1.90 bits per heavy atom. The molecule has 1 fully saturated rings. The number of ether oxygens (including phenoxy) is 1. The van der Waals surface area contributed by atoms with Crippen LogP contribution in [0.2, 0.25) is 0 Å². The summed E-state index contributed by atoms with van der Waals surface area (Å²) in [7, 11) is 1.54. The van der Waals surface area contributed by atoms with E-state index in [-0.39, 0.29) is 11.3 Å². The molecule has 2 N–H and O–H groups in total. The summed E-state index contributed by atoms with van der Waals surface area (Å²) >= 11 is 0. The summed E-state index contributed by atoms with van der Waals surface area (Å²) < 4.78 is 5.12. The predicted molar refractivity (Wildman–Crippen MR) is 120 cm³/mol. The molecule has 0 amide bonds. The van der Waals surface area contributed by atoms with E-state index in [2.05, 4.69) is 51.4 Å². The lowest BCUT2D eigenvalue weighted by molar-refractivity contribution is 0.373. The van der Waals surface area contributed by atoms with Gasteiger partial charge >= 0.3 is 0 Å². The highest BCUT2D eigenvalue weighted by atomic mass is 16.5. The van der Waals surface area contributed by atoms with Gasteiger partial charge in [0.15, 0.2) is 5.82 Å². The van der Waals surface area contributed by atoms with Gasteiger partial charge in [-0.25, -0.2) is 0 Å². The summed E-state index contributed by atoms with van der Waals surface area (Å²) in [6, 6.07) is 11.5. The molecule has 162 valence electrons. The zero-order valence-electron chi connectivity index (χ0n) is 18.3. The Balaban J connectivity index is 1.49. The van der Waals surface area contributed by atoms with Gasteiger partial charge in [-0.2, -0.15) is 5.10 Å². The van der Waals surface area contributed by atoms with Crippen LogP contribution in [0.3, 0.4) is 0 Å². The van der Waals surface area contributed by atoms with Gasteiger partial charge < -0.3 is 20.1 Å². The molecule has 0 unspecified atom stereocenters. The summed E-state index contributed by atoms with van der Waals surface area (Å²) in [6.45, 7) is 8.41. The molecule has 0 bridgehead atoms. The Morgan fingerprint density at radius 1 is 1.06 bits per heavy atom. The fourth-order valence-electron chi connectivity index (χ4n) is 3.87. The lowest BCUT2D eigenvalue weighted by atomic mass is 10.0. The van der Waals surface area contributed by atoms with Gasteiger partial charge in [0.2, 0.25) is 5.88 Å². The first-order chi connectivity index (χ1) is 14.8. The largest absolute Gasteiger partial charge is 0.507 e. The molecule has 31 heavy (non-hydrogen) atoms. The van der Waals surface area contributed by atoms with Crippen LogP contribution in [0, 0.1) is 0 Å². The number of benzene rings is 1. The van der Waals surface area contributed by atoms with Crippen molar-refractivity contribution in [3.63, 3.8) is 0 Å². The van der Waals surface area contributed by atoms with E-state index >= 15 is 0 Å². The molecule has 0 aliphatic carbocycles. The molecule has 0 spiro atoms. The molecule has 2 aromatic heterocycles. The van der Waals surface area contributed by atoms with Crippen LogP contribution in [0.25, 0.3) is 22.4 Å². The molecule has 0 saturated carbocycles. The third-order valence-corrected chi connectivity index (χ3v) is 5.25. The normalized spacial score (nSPS) is 16.5.